The highest BCUT2D eigenvalue weighted by Crippen LogP contribution is 2.33. The van der Waals surface area contributed by atoms with Crippen molar-refractivity contribution in [3.8, 4) is 0 Å². The highest BCUT2D eigenvalue weighted by atomic mass is 19.4. The van der Waals surface area contributed by atoms with Crippen molar-refractivity contribution < 1.29 is 18.0 Å². The summed E-state index contributed by atoms with van der Waals surface area (Å²) in [6.45, 7) is 1.35. The van der Waals surface area contributed by atoms with Gasteiger partial charge in [-0.15, -0.1) is 0 Å². The highest BCUT2D eigenvalue weighted by molar-refractivity contribution is 6.06. The van der Waals surface area contributed by atoms with Crippen molar-refractivity contribution in [2.75, 3.05) is 11.1 Å². The minimum Gasteiger partial charge on any atom is -0.396 e. The number of nitrogens with zero attached hydrogens (tertiary/aromatic N) is 1. The Bertz CT molecular complexity index is 648. The third-order valence-corrected chi connectivity index (χ3v) is 2.70. The third-order valence-electron chi connectivity index (χ3n) is 2.70. The topological polar surface area (TPSA) is 83.8 Å². The van der Waals surface area contributed by atoms with Crippen LogP contribution in [-0.4, -0.2) is 16.1 Å². The molecule has 0 aliphatic rings. The molecule has 0 radical (unpaired) electrons. The maximum absolute atomic E-state index is 12.8. The fourth-order valence-corrected chi connectivity index (χ4v) is 1.68. The molecule has 1 aromatic heterocycles. The number of H-pyrrole nitrogens is 1. The normalized spacial score (nSPS) is 11.4. The molecule has 2 rings (SSSR count). The molecule has 5 nitrogen and oxygen atoms in total. The summed E-state index contributed by atoms with van der Waals surface area (Å²) in [5, 5.41) is 8.27. The van der Waals surface area contributed by atoms with E-state index in [1.165, 1.54) is 25.3 Å². The standard InChI is InChI=1S/C12H11F3N4O/c1-6-2-3-7(4-8(6)12(13,14)15)18-11(20)10-9(16)5-17-19-10/h2-5H,16H2,1H3,(H,17,19)(H,18,20). The average molecular weight is 284 g/mol. The number of benzene rings is 1. The van der Waals surface area contributed by atoms with Crippen LogP contribution in [-0.2, 0) is 6.18 Å². The van der Waals surface area contributed by atoms with E-state index in [0.29, 0.717) is 0 Å². The lowest BCUT2D eigenvalue weighted by Crippen LogP contribution is -2.15. The van der Waals surface area contributed by atoms with E-state index < -0.39 is 17.6 Å². The molecule has 4 N–H and O–H groups in total. The number of amides is 1. The van der Waals surface area contributed by atoms with Crippen molar-refractivity contribution in [2.24, 2.45) is 0 Å². The lowest BCUT2D eigenvalue weighted by molar-refractivity contribution is -0.138. The van der Waals surface area contributed by atoms with Gasteiger partial charge in [0.25, 0.3) is 5.91 Å². The van der Waals surface area contributed by atoms with E-state index >= 15 is 0 Å². The van der Waals surface area contributed by atoms with Crippen molar-refractivity contribution in [2.45, 2.75) is 13.1 Å². The second-order valence-electron chi connectivity index (χ2n) is 4.18. The Hall–Kier alpha value is -2.51. The van der Waals surface area contributed by atoms with Crippen LogP contribution >= 0.6 is 0 Å². The zero-order valence-corrected chi connectivity index (χ0v) is 10.4. The molecule has 0 saturated carbocycles. The van der Waals surface area contributed by atoms with Gasteiger partial charge in [0.2, 0.25) is 0 Å². The molecular formula is C12H11F3N4O. The molecule has 106 valence electrons. The Balaban J connectivity index is 2.27. The summed E-state index contributed by atoms with van der Waals surface area (Å²) >= 11 is 0. The number of carbonyl (C=O) groups excluding carboxylic acids is 1. The third kappa shape index (κ3) is 2.73. The summed E-state index contributed by atoms with van der Waals surface area (Å²) in [6, 6.07) is 3.55. The fraction of sp³-hybridized carbons (Fsp3) is 0.167. The molecule has 0 spiro atoms. The van der Waals surface area contributed by atoms with Crippen LogP contribution in [0.3, 0.4) is 0 Å². The molecule has 0 saturated heterocycles. The van der Waals surface area contributed by atoms with Gasteiger partial charge in [-0.25, -0.2) is 0 Å². The van der Waals surface area contributed by atoms with Crippen LogP contribution in [0.25, 0.3) is 0 Å². The van der Waals surface area contributed by atoms with E-state index in [4.69, 9.17) is 5.73 Å². The Morgan fingerprint density at radius 1 is 1.40 bits per heavy atom. The lowest BCUT2D eigenvalue weighted by Gasteiger charge is -2.12. The fourth-order valence-electron chi connectivity index (χ4n) is 1.68. The molecule has 0 fully saturated rings. The number of alkyl halides is 3. The number of halogens is 3. The van der Waals surface area contributed by atoms with Gasteiger partial charge in [-0.1, -0.05) is 6.07 Å². The van der Waals surface area contributed by atoms with Gasteiger partial charge >= 0.3 is 6.18 Å². The van der Waals surface area contributed by atoms with Gasteiger partial charge in [-0.2, -0.15) is 18.3 Å². The number of rotatable bonds is 2. The minimum absolute atomic E-state index is 0.000802. The molecule has 1 amide bonds. The molecular weight excluding hydrogens is 273 g/mol. The van der Waals surface area contributed by atoms with Crippen LogP contribution in [0.2, 0.25) is 0 Å². The summed E-state index contributed by atoms with van der Waals surface area (Å²) in [5.41, 5.74) is 4.91. The average Bonchev–Trinajstić information content (AvgIpc) is 2.76. The number of hydrogen-bond acceptors (Lipinski definition) is 3. The van der Waals surface area contributed by atoms with Gasteiger partial charge in [0, 0.05) is 5.69 Å². The molecule has 2 aromatic rings. The Labute approximate surface area is 112 Å². The first-order valence-corrected chi connectivity index (χ1v) is 5.57. The summed E-state index contributed by atoms with van der Waals surface area (Å²) in [4.78, 5) is 11.8. The number of anilines is 2. The van der Waals surface area contributed by atoms with Crippen molar-refractivity contribution in [1.82, 2.24) is 10.2 Å². The van der Waals surface area contributed by atoms with Gasteiger partial charge in [0.1, 0.15) is 5.69 Å². The first kappa shape index (κ1) is 13.9. The van der Waals surface area contributed by atoms with Gasteiger partial charge in [0.15, 0.2) is 0 Å². The van der Waals surface area contributed by atoms with Crippen molar-refractivity contribution in [1.29, 1.82) is 0 Å². The van der Waals surface area contributed by atoms with Crippen molar-refractivity contribution >= 4 is 17.3 Å². The van der Waals surface area contributed by atoms with Gasteiger partial charge in [-0.3, -0.25) is 9.89 Å². The Kier molecular flexibility index (Phi) is 3.39. The van der Waals surface area contributed by atoms with E-state index in [-0.39, 0.29) is 22.6 Å². The lowest BCUT2D eigenvalue weighted by atomic mass is 10.1. The monoisotopic (exact) mass is 284 g/mol. The zero-order chi connectivity index (χ0) is 14.9. The van der Waals surface area contributed by atoms with Crippen LogP contribution < -0.4 is 11.1 Å². The summed E-state index contributed by atoms with van der Waals surface area (Å²) in [6.07, 6.45) is -3.23. The predicted molar refractivity (Wildman–Crippen MR) is 67.1 cm³/mol. The van der Waals surface area contributed by atoms with Gasteiger partial charge < -0.3 is 11.1 Å². The number of nitrogens with two attached hydrogens (primary N) is 1. The largest absolute Gasteiger partial charge is 0.416 e. The van der Waals surface area contributed by atoms with E-state index in [0.717, 1.165) is 6.07 Å². The minimum atomic E-state index is -4.47. The number of nitrogen functional groups attached to an aromatic ring is 1. The molecule has 0 bridgehead atoms. The van der Waals surface area contributed by atoms with Crippen LogP contribution in [0.5, 0.6) is 0 Å². The first-order chi connectivity index (χ1) is 9.29. The number of hydrogen-bond donors (Lipinski definition) is 3. The maximum Gasteiger partial charge on any atom is 0.416 e. The van der Waals surface area contributed by atoms with Crippen LogP contribution in [0.15, 0.2) is 24.4 Å². The highest BCUT2D eigenvalue weighted by Gasteiger charge is 2.32. The van der Waals surface area contributed by atoms with E-state index in [1.54, 1.807) is 0 Å². The summed E-state index contributed by atoms with van der Waals surface area (Å²) in [7, 11) is 0. The van der Waals surface area contributed by atoms with E-state index in [9.17, 15) is 18.0 Å². The van der Waals surface area contributed by atoms with E-state index in [2.05, 4.69) is 15.5 Å². The first-order valence-electron chi connectivity index (χ1n) is 5.57. The Morgan fingerprint density at radius 3 is 2.65 bits per heavy atom. The van der Waals surface area contributed by atoms with Crippen LogP contribution in [0.4, 0.5) is 24.5 Å². The van der Waals surface area contributed by atoms with Crippen LogP contribution in [0, 0.1) is 6.92 Å². The number of nitrogens with one attached hydrogen (secondary N) is 2. The molecule has 8 heteroatoms. The van der Waals surface area contributed by atoms with E-state index in [1.807, 2.05) is 0 Å². The second kappa shape index (κ2) is 4.87. The molecule has 0 aliphatic heterocycles. The quantitative estimate of drug-likeness (QED) is 0.792. The Morgan fingerprint density at radius 2 is 2.10 bits per heavy atom. The maximum atomic E-state index is 12.8. The molecule has 0 unspecified atom stereocenters. The number of aromatic amines is 1. The molecule has 1 heterocycles. The predicted octanol–water partition coefficient (Wildman–Crippen LogP) is 2.57. The molecule has 1 aromatic carbocycles. The van der Waals surface area contributed by atoms with Gasteiger partial charge in [0.05, 0.1) is 17.4 Å². The number of aryl methyl sites for hydroxylation is 1. The van der Waals surface area contributed by atoms with Crippen LogP contribution in [0.1, 0.15) is 21.6 Å². The molecule has 0 atom stereocenters. The zero-order valence-electron chi connectivity index (χ0n) is 10.4. The summed E-state index contributed by atoms with van der Waals surface area (Å²) < 4.78 is 38.3. The second-order valence-corrected chi connectivity index (χ2v) is 4.18. The number of carbonyl (C=O) groups is 1. The van der Waals surface area contributed by atoms with Crippen molar-refractivity contribution in [3.05, 3.63) is 41.2 Å². The smallest absolute Gasteiger partial charge is 0.396 e. The molecule has 20 heavy (non-hydrogen) atoms. The number of aromatic nitrogens is 2. The SMILES string of the molecule is Cc1ccc(NC(=O)c2[nH]ncc2N)cc1C(F)(F)F. The van der Waals surface area contributed by atoms with Crippen molar-refractivity contribution in [3.63, 3.8) is 0 Å². The van der Waals surface area contributed by atoms with Gasteiger partial charge in [-0.05, 0) is 24.6 Å². The molecule has 0 aliphatic carbocycles. The summed E-state index contributed by atoms with van der Waals surface area (Å²) in [5.74, 6) is -0.656.